The van der Waals surface area contributed by atoms with Crippen molar-refractivity contribution in [2.24, 2.45) is 0 Å². The van der Waals surface area contributed by atoms with E-state index in [4.69, 9.17) is 19.9 Å². The maximum absolute atomic E-state index is 5.09. The molecule has 0 aliphatic carbocycles. The van der Waals surface area contributed by atoms with Gasteiger partial charge in [0.05, 0.1) is 10.2 Å². The normalized spacial score (nSPS) is 11.4. The molecule has 4 nitrogen and oxygen atoms in total. The largest absolute Gasteiger partial charge is 0.236 e. The molecule has 0 saturated heterocycles. The number of thiazole rings is 1. The van der Waals surface area contributed by atoms with Crippen molar-refractivity contribution in [2.75, 3.05) is 0 Å². The molecule has 0 aliphatic heterocycles. The van der Waals surface area contributed by atoms with Crippen LogP contribution >= 0.6 is 11.3 Å². The van der Waals surface area contributed by atoms with Gasteiger partial charge in [-0.25, -0.2) is 19.9 Å². The second kappa shape index (κ2) is 13.1. The summed E-state index contributed by atoms with van der Waals surface area (Å²) in [6, 6.07) is 63.5. The summed E-state index contributed by atoms with van der Waals surface area (Å²) in [5.74, 6) is 1.94. The lowest BCUT2D eigenvalue weighted by atomic mass is 9.94. The summed E-state index contributed by atoms with van der Waals surface area (Å²) in [5.41, 5.74) is 9.64. The molecule has 8 aromatic carbocycles. The second-order valence-electron chi connectivity index (χ2n) is 13.1. The molecule has 2 heterocycles. The van der Waals surface area contributed by atoms with Gasteiger partial charge < -0.3 is 0 Å². The van der Waals surface area contributed by atoms with Crippen LogP contribution in [0.1, 0.15) is 0 Å². The molecule has 0 atom stereocenters. The highest BCUT2D eigenvalue weighted by molar-refractivity contribution is 7.22. The van der Waals surface area contributed by atoms with Gasteiger partial charge in [-0.3, -0.25) is 0 Å². The maximum atomic E-state index is 5.09. The lowest BCUT2D eigenvalue weighted by molar-refractivity contribution is 1.07. The molecule has 10 rings (SSSR count). The molecule has 53 heavy (non-hydrogen) atoms. The van der Waals surface area contributed by atoms with Gasteiger partial charge in [0.15, 0.2) is 17.5 Å². The number of hydrogen-bond acceptors (Lipinski definition) is 5. The van der Waals surface area contributed by atoms with Crippen LogP contribution in [0.3, 0.4) is 0 Å². The maximum Gasteiger partial charge on any atom is 0.164 e. The summed E-state index contributed by atoms with van der Waals surface area (Å²) in [6.07, 6.45) is 0. The molecular formula is C48H30N4S. The van der Waals surface area contributed by atoms with Crippen molar-refractivity contribution in [3.63, 3.8) is 0 Å². The van der Waals surface area contributed by atoms with Crippen molar-refractivity contribution >= 4 is 43.1 Å². The summed E-state index contributed by atoms with van der Waals surface area (Å²) in [6.45, 7) is 0. The third kappa shape index (κ3) is 5.83. The Bertz CT molecular complexity index is 2880. The van der Waals surface area contributed by atoms with Gasteiger partial charge in [-0.15, -0.1) is 11.3 Å². The van der Waals surface area contributed by atoms with Crippen molar-refractivity contribution < 1.29 is 0 Å². The Morgan fingerprint density at radius 2 is 0.887 bits per heavy atom. The zero-order valence-corrected chi connectivity index (χ0v) is 29.3. The molecule has 0 unspecified atom stereocenters. The first-order chi connectivity index (χ1) is 26.2. The predicted molar refractivity (Wildman–Crippen MR) is 221 cm³/mol. The molecule has 248 valence electrons. The van der Waals surface area contributed by atoms with Gasteiger partial charge in [0.2, 0.25) is 0 Å². The summed E-state index contributed by atoms with van der Waals surface area (Å²) in [4.78, 5) is 20.1. The fraction of sp³-hybridized carbons (Fsp3) is 0. The molecule has 0 radical (unpaired) electrons. The van der Waals surface area contributed by atoms with Crippen molar-refractivity contribution in [3.8, 4) is 67.0 Å². The van der Waals surface area contributed by atoms with Gasteiger partial charge in [0.25, 0.3) is 0 Å². The smallest absolute Gasteiger partial charge is 0.164 e. The van der Waals surface area contributed by atoms with Crippen LogP contribution < -0.4 is 0 Å². The number of hydrogen-bond donors (Lipinski definition) is 0. The van der Waals surface area contributed by atoms with Gasteiger partial charge in [-0.1, -0.05) is 152 Å². The molecular weight excluding hydrogens is 665 g/mol. The third-order valence-electron chi connectivity index (χ3n) is 9.72. The molecule has 0 N–H and O–H groups in total. The zero-order valence-electron chi connectivity index (χ0n) is 28.5. The quantitative estimate of drug-likeness (QED) is 0.174. The van der Waals surface area contributed by atoms with Crippen LogP contribution in [0.25, 0.3) is 98.7 Å². The Hall–Kier alpha value is -6.82. The van der Waals surface area contributed by atoms with E-state index >= 15 is 0 Å². The van der Waals surface area contributed by atoms with Crippen LogP contribution in [0.2, 0.25) is 0 Å². The average molecular weight is 695 g/mol. The Morgan fingerprint density at radius 1 is 0.321 bits per heavy atom. The molecule has 0 saturated carbocycles. The second-order valence-corrected chi connectivity index (χ2v) is 14.1. The fourth-order valence-electron chi connectivity index (χ4n) is 7.08. The Kier molecular flexibility index (Phi) is 7.63. The first-order valence-electron chi connectivity index (χ1n) is 17.6. The number of nitrogens with zero attached hydrogens (tertiary/aromatic N) is 4. The first-order valence-corrected chi connectivity index (χ1v) is 18.4. The topological polar surface area (TPSA) is 51.6 Å². The van der Waals surface area contributed by atoms with Crippen LogP contribution in [0, 0.1) is 0 Å². The van der Waals surface area contributed by atoms with Gasteiger partial charge in [-0.05, 0) is 68.7 Å². The third-order valence-corrected chi connectivity index (χ3v) is 10.9. The van der Waals surface area contributed by atoms with E-state index in [0.29, 0.717) is 17.5 Å². The van der Waals surface area contributed by atoms with Crippen molar-refractivity contribution in [1.29, 1.82) is 0 Å². The van der Waals surface area contributed by atoms with E-state index in [9.17, 15) is 0 Å². The molecule has 2 aromatic heterocycles. The van der Waals surface area contributed by atoms with Crippen LogP contribution in [0.5, 0.6) is 0 Å². The van der Waals surface area contributed by atoms with Gasteiger partial charge in [0.1, 0.15) is 5.01 Å². The predicted octanol–water partition coefficient (Wildman–Crippen LogP) is 12.8. The van der Waals surface area contributed by atoms with E-state index in [2.05, 4.69) is 121 Å². The average Bonchev–Trinajstić information content (AvgIpc) is 3.69. The van der Waals surface area contributed by atoms with Crippen molar-refractivity contribution in [1.82, 2.24) is 19.9 Å². The lowest BCUT2D eigenvalue weighted by Crippen LogP contribution is -2.00. The highest BCUT2D eigenvalue weighted by Gasteiger charge is 2.16. The standard InChI is InChI=1S/C48H30N4S/c1-4-13-31(14-5-1)34-20-12-21-38(27-34)48-49-43-26-24-36-28-37(23-25-41(36)44(43)53-48)42-30-39(29-35-19-10-11-22-40(35)42)47-51-45(32-15-6-2-7-16-32)50-46(52-47)33-17-8-3-9-18-33/h1-30H. The molecule has 0 amide bonds. The zero-order chi connectivity index (χ0) is 35.1. The van der Waals surface area contributed by atoms with Crippen LogP contribution in [-0.4, -0.2) is 19.9 Å². The van der Waals surface area contributed by atoms with E-state index in [-0.39, 0.29) is 0 Å². The molecule has 5 heteroatoms. The van der Waals surface area contributed by atoms with Gasteiger partial charge in [0, 0.05) is 27.6 Å². The summed E-state index contributed by atoms with van der Waals surface area (Å²) in [7, 11) is 0. The van der Waals surface area contributed by atoms with Crippen molar-refractivity contribution in [2.45, 2.75) is 0 Å². The monoisotopic (exact) mass is 694 g/mol. The fourth-order valence-corrected chi connectivity index (χ4v) is 8.18. The summed E-state index contributed by atoms with van der Waals surface area (Å²) >= 11 is 1.75. The van der Waals surface area contributed by atoms with Gasteiger partial charge in [-0.2, -0.15) is 0 Å². The SMILES string of the molecule is c1ccc(-c2cccc(-c3nc4ccc5cc(-c6cc(-c7nc(-c8ccccc8)nc(-c8ccccc8)n7)cc7ccccc67)ccc5c4s3)c2)cc1. The Balaban J connectivity index is 1.09. The highest BCUT2D eigenvalue weighted by atomic mass is 32.1. The minimum Gasteiger partial charge on any atom is -0.236 e. The van der Waals surface area contributed by atoms with E-state index in [1.807, 2.05) is 60.7 Å². The minimum atomic E-state index is 0.640. The Labute approximate surface area is 310 Å². The van der Waals surface area contributed by atoms with Crippen LogP contribution in [-0.2, 0) is 0 Å². The Morgan fingerprint density at radius 3 is 1.60 bits per heavy atom. The van der Waals surface area contributed by atoms with E-state index in [1.54, 1.807) is 11.3 Å². The summed E-state index contributed by atoms with van der Waals surface area (Å²) in [5, 5.41) is 5.71. The molecule has 0 aliphatic rings. The number of fused-ring (bicyclic) bond motifs is 4. The minimum absolute atomic E-state index is 0.640. The number of rotatable bonds is 6. The lowest BCUT2D eigenvalue weighted by Gasteiger charge is -2.13. The molecule has 0 bridgehead atoms. The van der Waals surface area contributed by atoms with E-state index < -0.39 is 0 Å². The number of aromatic nitrogens is 4. The van der Waals surface area contributed by atoms with Crippen LogP contribution in [0.15, 0.2) is 182 Å². The van der Waals surface area contributed by atoms with Gasteiger partial charge >= 0.3 is 0 Å². The van der Waals surface area contributed by atoms with E-state index in [0.717, 1.165) is 49.3 Å². The molecule has 0 fully saturated rings. The highest BCUT2D eigenvalue weighted by Crippen LogP contribution is 2.40. The summed E-state index contributed by atoms with van der Waals surface area (Å²) < 4.78 is 1.19. The first kappa shape index (κ1) is 31.0. The number of benzene rings is 8. The molecule has 0 spiro atoms. The molecule has 10 aromatic rings. The van der Waals surface area contributed by atoms with Crippen molar-refractivity contribution in [3.05, 3.63) is 182 Å². The van der Waals surface area contributed by atoms with Crippen LogP contribution in [0.4, 0.5) is 0 Å². The van der Waals surface area contributed by atoms with E-state index in [1.165, 1.54) is 32.0 Å².